The number of allylic oxidation sites excluding steroid dienone is 4. The number of unbranched alkanes of at least 4 members (excludes halogenated alkanes) is 10. The Hall–Kier alpha value is -2.73. The van der Waals surface area contributed by atoms with E-state index in [9.17, 15) is 33.3 Å². The minimum atomic E-state index is -4.00. The van der Waals surface area contributed by atoms with Crippen LogP contribution in [0.25, 0.3) is 0 Å². The smallest absolute Gasteiger partial charge is 0.306 e. The van der Waals surface area contributed by atoms with E-state index in [0.29, 0.717) is 71.4 Å². The maximum Gasteiger partial charge on any atom is 0.306 e. The number of rotatable bonds is 35. The lowest BCUT2D eigenvalue weighted by Gasteiger charge is -2.31. The number of esters is 2. The highest BCUT2D eigenvalue weighted by atomic mass is 32.2. The number of ether oxygens (including phenoxy) is 6. The fourth-order valence-corrected chi connectivity index (χ4v) is 12.7. The molecule has 436 valence electrons. The largest absolute Gasteiger partial charge is 0.463 e. The second kappa shape index (κ2) is 35.1. The van der Waals surface area contributed by atoms with Crippen LogP contribution in [0.5, 0.6) is 0 Å². The molecule has 2 aliphatic carbocycles. The Balaban J connectivity index is 0.000000340. The molecule has 2 aliphatic heterocycles. The van der Waals surface area contributed by atoms with Crippen molar-refractivity contribution in [3.63, 3.8) is 0 Å². The predicted molar refractivity (Wildman–Crippen MR) is 297 cm³/mol. The summed E-state index contributed by atoms with van der Waals surface area (Å²) in [5, 5.41) is 32.3. The lowest BCUT2D eigenvalue weighted by atomic mass is 9.85. The highest BCUT2D eigenvalue weighted by Gasteiger charge is 2.47. The van der Waals surface area contributed by atoms with Gasteiger partial charge in [-0.25, -0.2) is 0 Å². The third-order valence-electron chi connectivity index (χ3n) is 15.6. The molecule has 2 saturated heterocycles. The average Bonchev–Trinajstić information content (AvgIpc) is 4.16. The first-order chi connectivity index (χ1) is 36.4. The van der Waals surface area contributed by atoms with Crippen molar-refractivity contribution >= 4 is 22.1 Å². The number of benzene rings is 1. The second-order valence-electron chi connectivity index (χ2n) is 22.6. The number of carbonyl (C=O) groups is 2. The van der Waals surface area contributed by atoms with Gasteiger partial charge in [-0.3, -0.25) is 13.8 Å². The van der Waals surface area contributed by atoms with Gasteiger partial charge in [-0.15, -0.1) is 0 Å². The highest BCUT2D eigenvalue weighted by Crippen LogP contribution is 2.45. The Labute approximate surface area is 458 Å². The van der Waals surface area contributed by atoms with Crippen LogP contribution >= 0.6 is 0 Å². The molecule has 4 fully saturated rings. The van der Waals surface area contributed by atoms with Gasteiger partial charge in [0.15, 0.2) is 11.6 Å². The molecular weight excluding hydrogens is 989 g/mol. The first kappa shape index (κ1) is 65.8. The van der Waals surface area contributed by atoms with Crippen molar-refractivity contribution in [1.82, 2.24) is 0 Å². The van der Waals surface area contributed by atoms with Gasteiger partial charge in [-0.1, -0.05) is 107 Å². The molecule has 1 aromatic carbocycles. The molecule has 15 heteroatoms. The zero-order valence-electron chi connectivity index (χ0n) is 47.8. The van der Waals surface area contributed by atoms with E-state index in [0.717, 1.165) is 76.2 Å². The number of aryl methyl sites for hydroxylation is 1. The van der Waals surface area contributed by atoms with Crippen molar-refractivity contribution in [2.45, 2.75) is 269 Å². The van der Waals surface area contributed by atoms with Gasteiger partial charge in [-0.2, -0.15) is 8.42 Å². The summed E-state index contributed by atoms with van der Waals surface area (Å²) >= 11 is 0. The molecule has 0 radical (unpaired) electrons. The van der Waals surface area contributed by atoms with Crippen LogP contribution in [-0.2, 0) is 52.3 Å². The number of carbonyl (C=O) groups excluding carboxylic acids is 2. The molecule has 14 nitrogen and oxygen atoms in total. The quantitative estimate of drug-likeness (QED) is 0.0251. The van der Waals surface area contributed by atoms with E-state index in [4.69, 9.17) is 32.6 Å². The van der Waals surface area contributed by atoms with Crippen LogP contribution in [0.2, 0.25) is 0 Å². The lowest BCUT2D eigenvalue weighted by Crippen LogP contribution is -2.33. The fraction of sp³-hybridized carbons (Fsp3) is 0.803. The molecule has 0 bridgehead atoms. The standard InChI is InChI=1S/C34H54O8S.C27H48O6/c1-5-6-7-10-13-21-34(39-23-24-40-34)22-20-30-29(14-11-8-9-12-15-33(36)41-26(2)3)31(35)25-32(30)42-43(37,38)28-18-16-27(4)17-19-28;1-4-5-6-9-12-16-27(31-18-19-32-27)17-15-23-22(24(28)20-25(23)29)13-10-7-8-11-14-26(30)33-21(2)3/h8,11,16-19,26,29-32,35H,5-7,9-10,12-15,20-25H2,1-4H3;7,10,21-25,28-29H,4-6,8-9,11-20H2,1-3H3/b11-8-;10-7-/t29-,30-,31+,32-;22-,23-,24+,25-/m11/s1. The highest BCUT2D eigenvalue weighted by molar-refractivity contribution is 7.86. The second-order valence-corrected chi connectivity index (χ2v) is 24.2. The van der Waals surface area contributed by atoms with Crippen LogP contribution < -0.4 is 0 Å². The van der Waals surface area contributed by atoms with Crippen LogP contribution in [0.15, 0.2) is 53.5 Å². The molecule has 4 aliphatic rings. The van der Waals surface area contributed by atoms with E-state index in [1.165, 1.54) is 44.9 Å². The molecule has 1 aromatic rings. The van der Waals surface area contributed by atoms with Gasteiger partial charge >= 0.3 is 11.9 Å². The topological polar surface area (TPSA) is 194 Å². The van der Waals surface area contributed by atoms with Gasteiger partial charge in [0.2, 0.25) is 0 Å². The Morgan fingerprint density at radius 2 is 1.00 bits per heavy atom. The van der Waals surface area contributed by atoms with Crippen molar-refractivity contribution in [3.05, 3.63) is 54.1 Å². The molecule has 2 heterocycles. The van der Waals surface area contributed by atoms with E-state index in [1.807, 2.05) is 46.8 Å². The Morgan fingerprint density at radius 1 is 0.579 bits per heavy atom. The summed E-state index contributed by atoms with van der Waals surface area (Å²) in [6.07, 6.45) is 28.0. The minimum absolute atomic E-state index is 0.0464. The van der Waals surface area contributed by atoms with E-state index in [1.54, 1.807) is 24.3 Å². The summed E-state index contributed by atoms with van der Waals surface area (Å²) < 4.78 is 67.2. The minimum Gasteiger partial charge on any atom is -0.463 e. The normalized spacial score (nSPS) is 25.3. The number of aliphatic hydroxyl groups is 3. The third-order valence-corrected chi connectivity index (χ3v) is 17.0. The van der Waals surface area contributed by atoms with E-state index < -0.39 is 46.1 Å². The van der Waals surface area contributed by atoms with Gasteiger partial charge in [-0.05, 0) is 141 Å². The third kappa shape index (κ3) is 23.5. The Morgan fingerprint density at radius 3 is 1.46 bits per heavy atom. The summed E-state index contributed by atoms with van der Waals surface area (Å²) in [6.45, 7) is 16.1. The van der Waals surface area contributed by atoms with Crippen LogP contribution in [-0.4, -0.2) is 110 Å². The van der Waals surface area contributed by atoms with Crippen LogP contribution in [0.3, 0.4) is 0 Å². The van der Waals surface area contributed by atoms with Crippen LogP contribution in [0, 0.1) is 30.6 Å². The van der Waals surface area contributed by atoms with Crippen molar-refractivity contribution in [1.29, 1.82) is 0 Å². The van der Waals surface area contributed by atoms with Gasteiger partial charge in [0.1, 0.15) is 0 Å². The van der Waals surface area contributed by atoms with Crippen molar-refractivity contribution in [2.75, 3.05) is 26.4 Å². The molecule has 0 unspecified atom stereocenters. The number of hydrogen-bond donors (Lipinski definition) is 3. The predicted octanol–water partition coefficient (Wildman–Crippen LogP) is 12.3. The molecule has 3 N–H and O–H groups in total. The lowest BCUT2D eigenvalue weighted by molar-refractivity contribution is -0.172. The SMILES string of the molecule is CCCCCCCC1(CC[C@@H]2[C@@H](C/C=C\CCCC(=O)OC(C)C)[C@@H](O)C[C@H]2O)OCCO1.CCCCCCCC1(CC[C@@H]2[C@@H](C/C=C\CCCC(=O)OC(C)C)[C@@H](O)C[C@H]2OS(=O)(=O)c2ccc(C)cc2)OCCO1. The number of aliphatic hydroxyl groups excluding tert-OH is 3. The fourth-order valence-electron chi connectivity index (χ4n) is 11.5. The van der Waals surface area contributed by atoms with E-state index >= 15 is 0 Å². The van der Waals surface area contributed by atoms with Crippen LogP contribution in [0.1, 0.15) is 214 Å². The molecule has 2 saturated carbocycles. The molecule has 76 heavy (non-hydrogen) atoms. The zero-order chi connectivity index (χ0) is 55.4. The molecule has 0 aromatic heterocycles. The van der Waals surface area contributed by atoms with Crippen LogP contribution in [0.4, 0.5) is 0 Å². The summed E-state index contributed by atoms with van der Waals surface area (Å²) in [6, 6.07) is 6.64. The summed E-state index contributed by atoms with van der Waals surface area (Å²) in [5.41, 5.74) is 0.966. The van der Waals surface area contributed by atoms with E-state index in [2.05, 4.69) is 26.0 Å². The van der Waals surface area contributed by atoms with Gasteiger partial charge in [0.05, 0.1) is 67.9 Å². The molecular formula is C61H102O14S. The molecule has 0 spiro atoms. The first-order valence-corrected chi connectivity index (χ1v) is 31.1. The Bertz CT molecular complexity index is 1920. The zero-order valence-corrected chi connectivity index (χ0v) is 48.7. The van der Waals surface area contributed by atoms with E-state index in [-0.39, 0.29) is 59.1 Å². The van der Waals surface area contributed by atoms with Gasteiger partial charge < -0.3 is 43.7 Å². The van der Waals surface area contributed by atoms with Gasteiger partial charge in [0, 0.05) is 44.9 Å². The first-order valence-electron chi connectivity index (χ1n) is 29.7. The molecule has 0 amide bonds. The molecule has 8 atom stereocenters. The summed E-state index contributed by atoms with van der Waals surface area (Å²) in [7, 11) is -4.00. The van der Waals surface area contributed by atoms with Crippen molar-refractivity contribution < 1.29 is 65.9 Å². The van der Waals surface area contributed by atoms with Gasteiger partial charge in [0.25, 0.3) is 10.1 Å². The summed E-state index contributed by atoms with van der Waals surface area (Å²) in [4.78, 5) is 23.5. The Kier molecular flexibility index (Phi) is 30.4. The maximum absolute atomic E-state index is 13.3. The maximum atomic E-state index is 13.3. The van der Waals surface area contributed by atoms with Crippen molar-refractivity contribution in [3.8, 4) is 0 Å². The number of hydrogen-bond acceptors (Lipinski definition) is 14. The molecule has 5 rings (SSSR count). The summed E-state index contributed by atoms with van der Waals surface area (Å²) in [5.74, 6) is -1.77. The van der Waals surface area contributed by atoms with Crippen molar-refractivity contribution in [2.24, 2.45) is 23.7 Å². The monoisotopic (exact) mass is 1090 g/mol. The average molecular weight is 1090 g/mol.